The van der Waals surface area contributed by atoms with Gasteiger partial charge in [0.1, 0.15) is 0 Å². The Morgan fingerprint density at radius 3 is 2.33 bits per heavy atom. The molecule has 0 bridgehead atoms. The number of rotatable bonds is 7. The largest absolute Gasteiger partial charge is 0.342 e. The Morgan fingerprint density at radius 1 is 1.20 bits per heavy atom. The molecule has 0 aliphatic heterocycles. The molecule has 0 saturated heterocycles. The Hall–Kier alpha value is -1.14. The Bertz CT molecular complexity index is 201. The molecule has 0 aliphatic rings. The van der Waals surface area contributed by atoms with Crippen molar-refractivity contribution in [2.45, 2.75) is 33.1 Å². The van der Waals surface area contributed by atoms with E-state index in [2.05, 4.69) is 14.7 Å². The highest BCUT2D eigenvalue weighted by Crippen LogP contribution is 2.00. The molecule has 1 N–H and O–H groups in total. The molecule has 0 atom stereocenters. The minimum Gasteiger partial charge on any atom is -0.301 e. The summed E-state index contributed by atoms with van der Waals surface area (Å²) in [4.78, 5) is 33.8. The van der Waals surface area contributed by atoms with Crippen molar-refractivity contribution < 1.29 is 29.5 Å². The maximum atomic E-state index is 10.9. The van der Waals surface area contributed by atoms with Gasteiger partial charge in [-0.25, -0.2) is 9.59 Å². The number of carbonyl (C=O) groups is 2. The van der Waals surface area contributed by atoms with E-state index in [1.807, 2.05) is 13.8 Å². The van der Waals surface area contributed by atoms with Gasteiger partial charge in [-0.2, -0.15) is 10.1 Å². The fourth-order valence-corrected chi connectivity index (χ4v) is 0.700. The highest BCUT2D eigenvalue weighted by Gasteiger charge is 2.08. The van der Waals surface area contributed by atoms with Crippen molar-refractivity contribution in [1.82, 2.24) is 0 Å². The van der Waals surface area contributed by atoms with E-state index in [1.165, 1.54) is 0 Å². The van der Waals surface area contributed by atoms with Crippen LogP contribution >= 0.6 is 0 Å². The van der Waals surface area contributed by atoms with Gasteiger partial charge < -0.3 is 4.89 Å². The molecule has 0 aromatic rings. The standard InChI is InChI=1S/C9H16O6/c1-7(2)6-13-15-9(11)5-3-4-8(10)14-12/h7,12H,3-6H2,1-2H3. The van der Waals surface area contributed by atoms with Gasteiger partial charge in [0.05, 0.1) is 6.61 Å². The van der Waals surface area contributed by atoms with Crippen molar-refractivity contribution in [3.63, 3.8) is 0 Å². The predicted molar refractivity (Wildman–Crippen MR) is 49.5 cm³/mol. The topological polar surface area (TPSA) is 82.1 Å². The maximum Gasteiger partial charge on any atom is 0.342 e. The minimum absolute atomic E-state index is 0.0320. The van der Waals surface area contributed by atoms with Crippen LogP contribution in [0.4, 0.5) is 0 Å². The molecule has 88 valence electrons. The van der Waals surface area contributed by atoms with Crippen LogP contribution in [0.25, 0.3) is 0 Å². The molecule has 6 nitrogen and oxygen atoms in total. The summed E-state index contributed by atoms with van der Waals surface area (Å²) in [5.74, 6) is -1.03. The van der Waals surface area contributed by atoms with Gasteiger partial charge >= 0.3 is 11.9 Å². The summed E-state index contributed by atoms with van der Waals surface area (Å²) < 4.78 is 0. The van der Waals surface area contributed by atoms with Gasteiger partial charge in [-0.15, -0.1) is 0 Å². The fraction of sp³-hybridized carbons (Fsp3) is 0.778. The van der Waals surface area contributed by atoms with Gasteiger partial charge in [0.2, 0.25) is 0 Å². The molecule has 0 unspecified atom stereocenters. The molecule has 6 heteroatoms. The average Bonchev–Trinajstić information content (AvgIpc) is 2.17. The Morgan fingerprint density at radius 2 is 1.80 bits per heavy atom. The SMILES string of the molecule is CC(C)COOC(=O)CCCC(=O)OO. The zero-order valence-corrected chi connectivity index (χ0v) is 8.89. The molecule has 0 aliphatic carbocycles. The smallest absolute Gasteiger partial charge is 0.301 e. The predicted octanol–water partition coefficient (Wildman–Crippen LogP) is 1.30. The lowest BCUT2D eigenvalue weighted by atomic mass is 10.2. The van der Waals surface area contributed by atoms with Crippen LogP contribution in [0.1, 0.15) is 33.1 Å². The van der Waals surface area contributed by atoms with Gasteiger partial charge in [0.25, 0.3) is 0 Å². The van der Waals surface area contributed by atoms with Crippen molar-refractivity contribution in [3.8, 4) is 0 Å². The lowest BCUT2D eigenvalue weighted by Crippen LogP contribution is -2.10. The summed E-state index contributed by atoms with van der Waals surface area (Å²) >= 11 is 0. The number of hydrogen-bond acceptors (Lipinski definition) is 6. The average molecular weight is 220 g/mol. The Kier molecular flexibility index (Phi) is 7.57. The van der Waals surface area contributed by atoms with E-state index in [9.17, 15) is 9.59 Å². The molecule has 15 heavy (non-hydrogen) atoms. The normalized spacial score (nSPS) is 10.1. The molecule has 0 amide bonds. The van der Waals surface area contributed by atoms with Crippen LogP contribution in [-0.2, 0) is 24.3 Å². The zero-order valence-electron chi connectivity index (χ0n) is 8.89. The zero-order chi connectivity index (χ0) is 11.7. The third-order valence-electron chi connectivity index (χ3n) is 1.42. The molecule has 0 saturated carbocycles. The third kappa shape index (κ3) is 9.17. The van der Waals surface area contributed by atoms with Gasteiger partial charge in [0.15, 0.2) is 0 Å². The lowest BCUT2D eigenvalue weighted by Gasteiger charge is -2.04. The van der Waals surface area contributed by atoms with E-state index in [0.717, 1.165) is 0 Å². The first kappa shape index (κ1) is 13.9. The summed E-state index contributed by atoms with van der Waals surface area (Å²) in [6.45, 7) is 4.18. The van der Waals surface area contributed by atoms with Crippen molar-refractivity contribution in [2.75, 3.05) is 6.61 Å². The van der Waals surface area contributed by atoms with E-state index in [-0.39, 0.29) is 25.2 Å². The summed E-state index contributed by atoms with van der Waals surface area (Å²) in [5.41, 5.74) is 0. The van der Waals surface area contributed by atoms with Crippen LogP contribution in [0.2, 0.25) is 0 Å². The Balaban J connectivity index is 3.37. The number of hydrogen-bond donors (Lipinski definition) is 1. The van der Waals surface area contributed by atoms with Gasteiger partial charge in [-0.05, 0) is 12.3 Å². The van der Waals surface area contributed by atoms with Crippen LogP contribution in [-0.4, -0.2) is 23.8 Å². The first-order valence-corrected chi connectivity index (χ1v) is 4.72. The summed E-state index contributed by atoms with van der Waals surface area (Å²) in [7, 11) is 0. The van der Waals surface area contributed by atoms with E-state index < -0.39 is 11.9 Å². The Labute approximate surface area is 88.0 Å². The molecular formula is C9H16O6. The van der Waals surface area contributed by atoms with Crippen molar-refractivity contribution >= 4 is 11.9 Å². The van der Waals surface area contributed by atoms with Crippen molar-refractivity contribution in [1.29, 1.82) is 0 Å². The molecule has 0 fully saturated rings. The van der Waals surface area contributed by atoms with Crippen LogP contribution in [0.15, 0.2) is 0 Å². The summed E-state index contributed by atoms with van der Waals surface area (Å²) in [5, 5.41) is 7.91. The number of carbonyl (C=O) groups excluding carboxylic acids is 2. The van der Waals surface area contributed by atoms with Gasteiger partial charge in [0, 0.05) is 12.8 Å². The molecule has 0 heterocycles. The second kappa shape index (κ2) is 8.19. The minimum atomic E-state index is -0.772. The van der Waals surface area contributed by atoms with Gasteiger partial charge in [-0.1, -0.05) is 13.8 Å². The molecule has 0 spiro atoms. The van der Waals surface area contributed by atoms with Crippen LogP contribution in [0.5, 0.6) is 0 Å². The van der Waals surface area contributed by atoms with Crippen LogP contribution in [0.3, 0.4) is 0 Å². The maximum absolute atomic E-state index is 10.9. The monoisotopic (exact) mass is 220 g/mol. The first-order chi connectivity index (χ1) is 7.06. The van der Waals surface area contributed by atoms with E-state index >= 15 is 0 Å². The second-order valence-electron chi connectivity index (χ2n) is 3.45. The molecule has 0 aromatic carbocycles. The van der Waals surface area contributed by atoms with Crippen molar-refractivity contribution in [3.05, 3.63) is 0 Å². The summed E-state index contributed by atoms with van der Waals surface area (Å²) in [6, 6.07) is 0. The molecule has 0 rings (SSSR count). The van der Waals surface area contributed by atoms with E-state index in [4.69, 9.17) is 5.26 Å². The highest BCUT2D eigenvalue weighted by atomic mass is 17.2. The molecule has 0 radical (unpaired) electrons. The van der Waals surface area contributed by atoms with E-state index in [0.29, 0.717) is 6.61 Å². The first-order valence-electron chi connectivity index (χ1n) is 4.72. The lowest BCUT2D eigenvalue weighted by molar-refractivity contribution is -0.276. The second-order valence-corrected chi connectivity index (χ2v) is 3.45. The van der Waals surface area contributed by atoms with E-state index in [1.54, 1.807) is 0 Å². The van der Waals surface area contributed by atoms with Crippen LogP contribution < -0.4 is 0 Å². The van der Waals surface area contributed by atoms with Gasteiger partial charge in [-0.3, -0.25) is 4.89 Å². The third-order valence-corrected chi connectivity index (χ3v) is 1.42. The molecular weight excluding hydrogens is 204 g/mol. The highest BCUT2D eigenvalue weighted by molar-refractivity contribution is 5.71. The quantitative estimate of drug-likeness (QED) is 0.514. The fourth-order valence-electron chi connectivity index (χ4n) is 0.700. The summed E-state index contributed by atoms with van der Waals surface area (Å²) in [6.07, 6.45) is 0.270. The molecule has 0 aromatic heterocycles. The van der Waals surface area contributed by atoms with Crippen LogP contribution in [0, 0.1) is 5.92 Å². The van der Waals surface area contributed by atoms with Crippen molar-refractivity contribution in [2.24, 2.45) is 5.92 Å².